The number of hydrogen-bond acceptors (Lipinski definition) is 14. The molecule has 51 heavy (non-hydrogen) atoms. The lowest BCUT2D eigenvalue weighted by atomic mass is 9.72. The van der Waals surface area contributed by atoms with E-state index in [1.165, 1.54) is 6.92 Å². The van der Waals surface area contributed by atoms with E-state index < -0.39 is 73.8 Å². The standard InChI is InChI=1S/C32H33N6O12P/c1-4-32(21-10-23-27-19(9-18-7-5-6-8-22(18)35-27)12-37(23)28(41)20(21)13-46-29(32)42)50-51(44,45)47-14-25-24(48-17(3)40)11-26(49-25)38-15-33-30(34-16(2)39)36-31(38)43/h5-10,15,20-21,24-26H,4,11-14H2,1-3H3,(H,44,45)(H,34,36,39,43)/t20?,21?,24-,25+,26+,32-/m0/s1. The van der Waals surface area contributed by atoms with Crippen molar-refractivity contribution in [2.75, 3.05) is 18.5 Å². The number of nitrogens with zero attached hydrogens (tertiary/aromatic N) is 5. The highest BCUT2D eigenvalue weighted by Crippen LogP contribution is 2.56. The number of nitrogens with one attached hydrogen (secondary N) is 1. The van der Waals surface area contributed by atoms with E-state index in [1.807, 2.05) is 30.3 Å². The van der Waals surface area contributed by atoms with Gasteiger partial charge in [-0.1, -0.05) is 31.2 Å². The molecule has 2 amide bonds. The van der Waals surface area contributed by atoms with Crippen LogP contribution in [0.3, 0.4) is 0 Å². The lowest BCUT2D eigenvalue weighted by molar-refractivity contribution is -0.189. The van der Waals surface area contributed by atoms with Crippen LogP contribution < -0.4 is 11.0 Å². The quantitative estimate of drug-likeness (QED) is 0.237. The van der Waals surface area contributed by atoms with Gasteiger partial charge < -0.3 is 24.0 Å². The fourth-order valence-electron chi connectivity index (χ4n) is 7.01. The first-order chi connectivity index (χ1) is 24.3. The molecule has 2 aromatic heterocycles. The Labute approximate surface area is 289 Å². The summed E-state index contributed by atoms with van der Waals surface area (Å²) >= 11 is 0. The van der Waals surface area contributed by atoms with Crippen LogP contribution in [0.4, 0.5) is 5.95 Å². The lowest BCUT2D eigenvalue weighted by Gasteiger charge is -2.46. The molecule has 0 bridgehead atoms. The topological polar surface area (TPSA) is 228 Å². The van der Waals surface area contributed by atoms with Crippen LogP contribution in [0.25, 0.3) is 16.6 Å². The molecule has 19 heteroatoms. The van der Waals surface area contributed by atoms with Crippen molar-refractivity contribution in [1.29, 1.82) is 0 Å². The number of pyridine rings is 1. The maximum Gasteiger partial charge on any atom is 0.473 e. The zero-order valence-electron chi connectivity index (χ0n) is 27.6. The number of esters is 2. The highest BCUT2D eigenvalue weighted by atomic mass is 31.2. The van der Waals surface area contributed by atoms with Crippen molar-refractivity contribution < 1.29 is 51.9 Å². The van der Waals surface area contributed by atoms with Gasteiger partial charge in [-0.2, -0.15) is 4.98 Å². The Hall–Kier alpha value is -4.87. The molecular weight excluding hydrogens is 691 g/mol. The van der Waals surface area contributed by atoms with Crippen molar-refractivity contribution in [3.05, 3.63) is 64.5 Å². The van der Waals surface area contributed by atoms with Gasteiger partial charge in [-0.3, -0.25) is 33.3 Å². The second-order valence-corrected chi connectivity index (χ2v) is 13.9. The molecule has 2 fully saturated rings. The van der Waals surface area contributed by atoms with E-state index in [1.54, 1.807) is 17.9 Å². The number of phosphoric ester groups is 1. The number of phosphoric acid groups is 1. The van der Waals surface area contributed by atoms with E-state index in [2.05, 4.69) is 15.3 Å². The molecule has 0 aliphatic carbocycles. The van der Waals surface area contributed by atoms with Crippen LogP contribution in [-0.2, 0) is 53.5 Å². The van der Waals surface area contributed by atoms with Crippen molar-refractivity contribution in [1.82, 2.24) is 24.4 Å². The van der Waals surface area contributed by atoms with E-state index >= 15 is 0 Å². The van der Waals surface area contributed by atoms with E-state index in [0.29, 0.717) is 16.9 Å². The minimum atomic E-state index is -5.15. The molecule has 3 aromatic rings. The summed E-state index contributed by atoms with van der Waals surface area (Å²) in [5.41, 5.74) is -0.386. The fourth-order valence-corrected chi connectivity index (χ4v) is 8.13. The normalized spacial score (nSPS) is 27.9. The lowest BCUT2D eigenvalue weighted by Crippen LogP contribution is -2.59. The van der Waals surface area contributed by atoms with Gasteiger partial charge in [-0.05, 0) is 18.6 Å². The van der Waals surface area contributed by atoms with Gasteiger partial charge in [0.25, 0.3) is 0 Å². The number of rotatable bonds is 9. The summed E-state index contributed by atoms with van der Waals surface area (Å²) in [5, 5.41) is 3.19. The molecule has 4 aliphatic rings. The van der Waals surface area contributed by atoms with Gasteiger partial charge in [-0.25, -0.2) is 24.1 Å². The average molecular weight is 725 g/mol. The maximum absolute atomic E-state index is 13.9. The molecule has 0 saturated carbocycles. The third-order valence-corrected chi connectivity index (χ3v) is 10.4. The van der Waals surface area contributed by atoms with E-state index in [-0.39, 0.29) is 37.8 Å². The molecule has 7 rings (SSSR count). The van der Waals surface area contributed by atoms with Gasteiger partial charge in [0.15, 0.2) is 5.60 Å². The Morgan fingerprint density at radius 3 is 2.69 bits per heavy atom. The molecule has 4 aliphatic heterocycles. The first kappa shape index (κ1) is 34.6. The van der Waals surface area contributed by atoms with E-state index in [9.17, 15) is 33.4 Å². The highest BCUT2D eigenvalue weighted by molar-refractivity contribution is 7.47. The molecule has 6 heterocycles. The van der Waals surface area contributed by atoms with Gasteiger partial charge in [-0.15, -0.1) is 0 Å². The van der Waals surface area contributed by atoms with Crippen molar-refractivity contribution in [2.24, 2.45) is 11.8 Å². The van der Waals surface area contributed by atoms with Gasteiger partial charge in [0.1, 0.15) is 31.4 Å². The van der Waals surface area contributed by atoms with Crippen molar-refractivity contribution in [3.63, 3.8) is 0 Å². The molecule has 0 radical (unpaired) electrons. The number of anilines is 1. The Morgan fingerprint density at radius 2 is 1.96 bits per heavy atom. The van der Waals surface area contributed by atoms with E-state index in [0.717, 1.165) is 28.8 Å². The minimum Gasteiger partial charge on any atom is -0.463 e. The smallest absolute Gasteiger partial charge is 0.463 e. The predicted octanol–water partition coefficient (Wildman–Crippen LogP) is 1.83. The van der Waals surface area contributed by atoms with Crippen LogP contribution in [0.5, 0.6) is 0 Å². The zero-order valence-corrected chi connectivity index (χ0v) is 28.5. The monoisotopic (exact) mass is 724 g/mol. The minimum absolute atomic E-state index is 0.0844. The third-order valence-electron chi connectivity index (χ3n) is 9.33. The number of hydrogen-bond donors (Lipinski definition) is 2. The van der Waals surface area contributed by atoms with Gasteiger partial charge in [0.2, 0.25) is 17.8 Å². The number of aromatic nitrogens is 4. The van der Waals surface area contributed by atoms with Crippen LogP contribution >= 0.6 is 7.82 Å². The summed E-state index contributed by atoms with van der Waals surface area (Å²) in [7, 11) is -5.15. The first-order valence-electron chi connectivity index (χ1n) is 16.1. The SMILES string of the molecule is CC[C@@]1(OP(=O)(O)OC[C@H]2O[C@@H](n3cnc(NC(C)=O)nc3=O)C[C@@H]2OC(C)=O)C(=O)OCC2C(=O)N3Cc4cc5ccccc5nc4C3=CC21. The second-order valence-electron chi connectivity index (χ2n) is 12.6. The van der Waals surface area contributed by atoms with Crippen LogP contribution in [0.2, 0.25) is 0 Å². The third kappa shape index (κ3) is 6.33. The van der Waals surface area contributed by atoms with Gasteiger partial charge >= 0.3 is 25.5 Å². The number of carbonyl (C=O) groups is 4. The second kappa shape index (κ2) is 13.0. The summed E-state index contributed by atoms with van der Waals surface area (Å²) in [5.74, 6) is -4.63. The number of carbonyl (C=O) groups excluding carboxylic acids is 4. The summed E-state index contributed by atoms with van der Waals surface area (Å²) in [6.07, 6.45) is -0.795. The number of cyclic esters (lactones) is 1. The van der Waals surface area contributed by atoms with Crippen molar-refractivity contribution in [3.8, 4) is 0 Å². The number of ether oxygens (including phenoxy) is 3. The Balaban J connectivity index is 1.13. The summed E-state index contributed by atoms with van der Waals surface area (Å²) < 4.78 is 42.3. The largest absolute Gasteiger partial charge is 0.473 e. The Morgan fingerprint density at radius 1 is 1.18 bits per heavy atom. The number of para-hydroxylation sites is 1. The van der Waals surface area contributed by atoms with Gasteiger partial charge in [0, 0.05) is 37.1 Å². The fraction of sp³-hybridized carbons (Fsp3) is 0.438. The zero-order chi connectivity index (χ0) is 36.2. The molecule has 0 spiro atoms. The summed E-state index contributed by atoms with van der Waals surface area (Å²) in [6.45, 7) is 3.26. The molecule has 2 N–H and O–H groups in total. The van der Waals surface area contributed by atoms with Gasteiger partial charge in [0.05, 0.1) is 36.0 Å². The van der Waals surface area contributed by atoms with Crippen LogP contribution in [0.1, 0.15) is 51.1 Å². The summed E-state index contributed by atoms with van der Waals surface area (Å²) in [6, 6.07) is 9.46. The molecule has 18 nitrogen and oxygen atoms in total. The highest BCUT2D eigenvalue weighted by Gasteiger charge is 2.61. The number of fused-ring (bicyclic) bond motifs is 5. The molecule has 2 saturated heterocycles. The summed E-state index contributed by atoms with van der Waals surface area (Å²) in [4.78, 5) is 88.3. The van der Waals surface area contributed by atoms with Crippen molar-refractivity contribution >= 4 is 54.1 Å². The number of benzene rings is 1. The molecule has 3 unspecified atom stereocenters. The van der Waals surface area contributed by atoms with Crippen LogP contribution in [0.15, 0.2) is 47.5 Å². The van der Waals surface area contributed by atoms with Crippen LogP contribution in [0, 0.1) is 11.8 Å². The number of amides is 2. The Kier molecular flexibility index (Phi) is 8.83. The van der Waals surface area contributed by atoms with Crippen LogP contribution in [-0.4, -0.2) is 84.1 Å². The first-order valence-corrected chi connectivity index (χ1v) is 17.6. The molecular formula is C32H33N6O12P. The maximum atomic E-state index is 13.9. The molecule has 7 atom stereocenters. The van der Waals surface area contributed by atoms with E-state index in [4.69, 9.17) is 28.2 Å². The predicted molar refractivity (Wildman–Crippen MR) is 173 cm³/mol. The molecule has 1 aromatic carbocycles. The Bertz CT molecular complexity index is 2110. The average Bonchev–Trinajstić information content (AvgIpc) is 3.64. The van der Waals surface area contributed by atoms with Crippen molar-refractivity contribution in [2.45, 2.75) is 64.2 Å². The molecule has 268 valence electrons.